The van der Waals surface area contributed by atoms with E-state index >= 15 is 0 Å². The number of anilines is 2. The van der Waals surface area contributed by atoms with Crippen LogP contribution in [0.4, 0.5) is 16.2 Å². The van der Waals surface area contributed by atoms with Gasteiger partial charge in [0.05, 0.1) is 23.6 Å². The third-order valence-corrected chi connectivity index (χ3v) is 7.74. The van der Waals surface area contributed by atoms with E-state index in [2.05, 4.69) is 48.1 Å². The van der Waals surface area contributed by atoms with Crippen molar-refractivity contribution in [1.29, 1.82) is 0 Å². The molecule has 7 nitrogen and oxygen atoms in total. The molecule has 0 unspecified atom stereocenters. The number of hydrogen-bond acceptors (Lipinski definition) is 5. The molecule has 7 heteroatoms. The maximum Gasteiger partial charge on any atom is 0.411 e. The van der Waals surface area contributed by atoms with Crippen LogP contribution in [-0.2, 0) is 4.74 Å². The zero-order valence-electron chi connectivity index (χ0n) is 23.1. The summed E-state index contributed by atoms with van der Waals surface area (Å²) >= 11 is 0. The molecule has 0 saturated carbocycles. The summed E-state index contributed by atoms with van der Waals surface area (Å²) in [5, 5.41) is 2.94. The minimum absolute atomic E-state index is 0.101. The molecule has 3 aromatic rings. The summed E-state index contributed by atoms with van der Waals surface area (Å²) < 4.78 is 5.78. The Kier molecular flexibility index (Phi) is 8.17. The fraction of sp³-hybridized carbons (Fsp3) is 0.375. The predicted octanol–water partition coefficient (Wildman–Crippen LogP) is 6.04. The number of likely N-dealkylation sites (tertiary alicyclic amines) is 1. The molecule has 5 rings (SSSR count). The summed E-state index contributed by atoms with van der Waals surface area (Å²) in [5.41, 5.74) is 5.80. The average molecular weight is 527 g/mol. The van der Waals surface area contributed by atoms with Crippen molar-refractivity contribution in [3.8, 4) is 11.1 Å². The van der Waals surface area contributed by atoms with Crippen LogP contribution in [0.3, 0.4) is 0 Å². The molecular formula is C32H38N4O3. The number of hydrogen-bond donors (Lipinski definition) is 1. The second-order valence-electron chi connectivity index (χ2n) is 10.8. The van der Waals surface area contributed by atoms with E-state index in [9.17, 15) is 9.59 Å². The minimum Gasteiger partial charge on any atom is -0.446 e. The fourth-order valence-corrected chi connectivity index (χ4v) is 5.41. The van der Waals surface area contributed by atoms with Crippen LogP contribution in [0.5, 0.6) is 0 Å². The molecule has 2 aliphatic rings. The lowest BCUT2D eigenvalue weighted by molar-refractivity contribution is 0.0519. The molecule has 2 heterocycles. The number of rotatable bonds is 7. The highest BCUT2D eigenvalue weighted by molar-refractivity contribution is 6.01. The normalized spacial score (nSPS) is 16.4. The maximum absolute atomic E-state index is 13.2. The molecule has 1 N–H and O–H groups in total. The van der Waals surface area contributed by atoms with Gasteiger partial charge in [0, 0.05) is 38.8 Å². The summed E-state index contributed by atoms with van der Waals surface area (Å²) in [6, 6.07) is 24.0. The fourth-order valence-electron chi connectivity index (χ4n) is 5.41. The highest BCUT2D eigenvalue weighted by atomic mass is 16.6. The number of fused-ring (bicyclic) bond motifs is 1. The Morgan fingerprint density at radius 3 is 2.41 bits per heavy atom. The molecule has 1 saturated heterocycles. The Balaban J connectivity index is 1.09. The van der Waals surface area contributed by atoms with Gasteiger partial charge in [0.25, 0.3) is 5.91 Å². The highest BCUT2D eigenvalue weighted by Crippen LogP contribution is 2.30. The molecule has 2 amide bonds. The van der Waals surface area contributed by atoms with Gasteiger partial charge in [-0.3, -0.25) is 10.1 Å². The van der Waals surface area contributed by atoms with Gasteiger partial charge in [-0.15, -0.1) is 0 Å². The first-order valence-electron chi connectivity index (χ1n) is 13.9. The lowest BCUT2D eigenvalue weighted by Crippen LogP contribution is -2.49. The first kappa shape index (κ1) is 26.8. The second kappa shape index (κ2) is 11.9. The molecule has 39 heavy (non-hydrogen) atoms. The lowest BCUT2D eigenvalue weighted by atomic mass is 9.98. The first-order valence-corrected chi connectivity index (χ1v) is 13.9. The van der Waals surface area contributed by atoms with Crippen LogP contribution in [0.2, 0.25) is 0 Å². The maximum atomic E-state index is 13.2. The zero-order chi connectivity index (χ0) is 27.4. The molecule has 204 valence electrons. The number of benzene rings is 3. The van der Waals surface area contributed by atoms with Gasteiger partial charge in [0.15, 0.2) is 0 Å². The molecule has 0 spiro atoms. The molecule has 2 aliphatic heterocycles. The van der Waals surface area contributed by atoms with Crippen molar-refractivity contribution in [3.63, 3.8) is 0 Å². The number of carbonyl (C=O) groups excluding carboxylic acids is 2. The van der Waals surface area contributed by atoms with E-state index in [0.29, 0.717) is 19.1 Å². The van der Waals surface area contributed by atoms with Gasteiger partial charge in [0.1, 0.15) is 6.10 Å². The quantitative estimate of drug-likeness (QED) is 0.407. The third-order valence-electron chi connectivity index (χ3n) is 7.74. The largest absolute Gasteiger partial charge is 0.446 e. The molecule has 0 bridgehead atoms. The van der Waals surface area contributed by atoms with Crippen molar-refractivity contribution < 1.29 is 14.3 Å². The zero-order valence-corrected chi connectivity index (χ0v) is 23.1. The third kappa shape index (κ3) is 6.25. The summed E-state index contributed by atoms with van der Waals surface area (Å²) in [6.07, 6.45) is 1.03. The predicted molar refractivity (Wildman–Crippen MR) is 156 cm³/mol. The van der Waals surface area contributed by atoms with Crippen LogP contribution < -0.4 is 10.2 Å². The Morgan fingerprint density at radius 2 is 1.67 bits per heavy atom. The van der Waals surface area contributed by atoms with Crippen LogP contribution in [0, 0.1) is 0 Å². The van der Waals surface area contributed by atoms with Gasteiger partial charge in [-0.25, -0.2) is 4.79 Å². The number of nitrogens with one attached hydrogen (secondary N) is 1. The van der Waals surface area contributed by atoms with Crippen LogP contribution in [0.25, 0.3) is 11.1 Å². The summed E-state index contributed by atoms with van der Waals surface area (Å²) in [7, 11) is 2.05. The molecule has 0 aromatic heterocycles. The van der Waals surface area contributed by atoms with Crippen molar-refractivity contribution in [1.82, 2.24) is 9.80 Å². The van der Waals surface area contributed by atoms with E-state index in [1.807, 2.05) is 65.6 Å². The van der Waals surface area contributed by atoms with Crippen molar-refractivity contribution in [3.05, 3.63) is 83.9 Å². The number of nitrogens with zero attached hydrogens (tertiary/aromatic N) is 3. The molecule has 0 atom stereocenters. The van der Waals surface area contributed by atoms with Gasteiger partial charge in [-0.05, 0) is 48.1 Å². The van der Waals surface area contributed by atoms with E-state index in [1.165, 1.54) is 5.56 Å². The van der Waals surface area contributed by atoms with Crippen LogP contribution in [0.15, 0.2) is 72.8 Å². The van der Waals surface area contributed by atoms with Crippen LogP contribution in [0.1, 0.15) is 48.5 Å². The van der Waals surface area contributed by atoms with Crippen LogP contribution in [-0.4, -0.2) is 67.8 Å². The van der Waals surface area contributed by atoms with Gasteiger partial charge < -0.3 is 19.4 Å². The smallest absolute Gasteiger partial charge is 0.411 e. The van der Waals surface area contributed by atoms with Gasteiger partial charge in [0.2, 0.25) is 0 Å². The van der Waals surface area contributed by atoms with E-state index in [1.54, 1.807) is 0 Å². The Labute approximate surface area is 231 Å². The monoisotopic (exact) mass is 526 g/mol. The van der Waals surface area contributed by atoms with Crippen molar-refractivity contribution in [2.24, 2.45) is 0 Å². The number of para-hydroxylation sites is 1. The number of piperidine rings is 1. The summed E-state index contributed by atoms with van der Waals surface area (Å²) in [6.45, 7) is 8.10. The molecule has 3 aromatic carbocycles. The van der Waals surface area contributed by atoms with E-state index in [4.69, 9.17) is 4.74 Å². The number of ether oxygens (including phenoxy) is 1. The van der Waals surface area contributed by atoms with Gasteiger partial charge >= 0.3 is 6.09 Å². The first-order chi connectivity index (χ1) is 18.9. The second-order valence-corrected chi connectivity index (χ2v) is 10.8. The average Bonchev–Trinajstić information content (AvgIpc) is 2.95. The van der Waals surface area contributed by atoms with Gasteiger partial charge in [-0.1, -0.05) is 68.4 Å². The highest BCUT2D eigenvalue weighted by Gasteiger charge is 2.29. The van der Waals surface area contributed by atoms with Crippen molar-refractivity contribution in [2.75, 3.05) is 50.1 Å². The Bertz CT molecular complexity index is 1300. The number of amides is 2. The summed E-state index contributed by atoms with van der Waals surface area (Å²) in [5.74, 6) is 0.531. The van der Waals surface area contributed by atoms with Gasteiger partial charge in [-0.2, -0.15) is 0 Å². The SMILES string of the molecule is CC(C)c1ccc2c(c1)N(C)CN(CCN1CCC(OC(=O)Nc3ccccc3-c3ccccc3)CC1)C2=O. The molecule has 0 aliphatic carbocycles. The number of carbonyl (C=O) groups is 2. The van der Waals surface area contributed by atoms with Crippen LogP contribution >= 0.6 is 0 Å². The Morgan fingerprint density at radius 1 is 0.949 bits per heavy atom. The van der Waals surface area contributed by atoms with Crippen molar-refractivity contribution in [2.45, 2.75) is 38.7 Å². The molecule has 0 radical (unpaired) electrons. The van der Waals surface area contributed by atoms with E-state index < -0.39 is 6.09 Å². The molecular weight excluding hydrogens is 488 g/mol. The van der Waals surface area contributed by atoms with Crippen molar-refractivity contribution >= 4 is 23.4 Å². The lowest BCUT2D eigenvalue weighted by Gasteiger charge is -2.38. The van der Waals surface area contributed by atoms with E-state index in [-0.39, 0.29) is 12.0 Å². The van der Waals surface area contributed by atoms with E-state index in [0.717, 1.165) is 60.5 Å². The summed E-state index contributed by atoms with van der Waals surface area (Å²) in [4.78, 5) is 32.3. The minimum atomic E-state index is -0.418. The topological polar surface area (TPSA) is 65.1 Å². The standard InChI is InChI=1S/C32H38N4O3/c1-23(2)25-13-14-28-30(21-25)34(3)22-36(31(28)37)20-19-35-17-15-26(16-18-35)39-32(38)33-29-12-8-7-11-27(29)24-9-5-4-6-10-24/h4-14,21,23,26H,15-20,22H2,1-3H3,(H,33,38). The molecule has 1 fully saturated rings. The Hall–Kier alpha value is -3.84.